The van der Waals surface area contributed by atoms with Crippen molar-refractivity contribution < 1.29 is 14.6 Å². The Morgan fingerprint density at radius 3 is 2.80 bits per heavy atom. The van der Waals surface area contributed by atoms with Crippen molar-refractivity contribution in [3.63, 3.8) is 0 Å². The molecule has 1 aromatic rings. The Kier molecular flexibility index (Phi) is 4.59. The summed E-state index contributed by atoms with van der Waals surface area (Å²) >= 11 is 5.87. The quantitative estimate of drug-likeness (QED) is 0.805. The molecule has 1 unspecified atom stereocenters. The number of halogens is 1. The van der Waals surface area contributed by atoms with Gasteiger partial charge in [0.2, 0.25) is 0 Å². The zero-order valence-corrected chi connectivity index (χ0v) is 9.20. The topological polar surface area (TPSA) is 46.5 Å². The number of hydrogen-bond acceptors (Lipinski definition) is 3. The second kappa shape index (κ2) is 5.73. The van der Waals surface area contributed by atoms with Crippen LogP contribution in [0.2, 0.25) is 5.02 Å². The van der Waals surface area contributed by atoms with Gasteiger partial charge in [0.1, 0.15) is 0 Å². The summed E-state index contributed by atoms with van der Waals surface area (Å²) in [5.41, 5.74) is 0.548. The predicted molar refractivity (Wildman–Crippen MR) is 57.7 cm³/mol. The SMILES string of the molecule is CCOC(=O)CC(O)c1ccccc1Cl. The molecular formula is C11H13ClO3. The Balaban J connectivity index is 2.65. The molecule has 1 atom stereocenters. The molecule has 0 saturated carbocycles. The summed E-state index contributed by atoms with van der Waals surface area (Å²) in [5, 5.41) is 10.2. The molecule has 0 aromatic heterocycles. The maximum absolute atomic E-state index is 11.1. The first kappa shape index (κ1) is 12.0. The lowest BCUT2D eigenvalue weighted by Crippen LogP contribution is -2.10. The summed E-state index contributed by atoms with van der Waals surface area (Å²) in [7, 11) is 0. The molecule has 0 fully saturated rings. The fourth-order valence-corrected chi connectivity index (χ4v) is 1.49. The van der Waals surface area contributed by atoms with E-state index in [1.54, 1.807) is 31.2 Å². The fourth-order valence-electron chi connectivity index (χ4n) is 1.23. The van der Waals surface area contributed by atoms with Gasteiger partial charge < -0.3 is 9.84 Å². The summed E-state index contributed by atoms with van der Waals surface area (Å²) < 4.78 is 4.73. The second-order valence-electron chi connectivity index (χ2n) is 3.05. The number of carbonyl (C=O) groups is 1. The molecule has 1 rings (SSSR count). The first-order valence-corrected chi connectivity index (χ1v) is 5.11. The van der Waals surface area contributed by atoms with Gasteiger partial charge in [0.05, 0.1) is 19.1 Å². The summed E-state index contributed by atoms with van der Waals surface area (Å²) in [5.74, 6) is -0.426. The highest BCUT2D eigenvalue weighted by molar-refractivity contribution is 6.31. The lowest BCUT2D eigenvalue weighted by molar-refractivity contribution is -0.145. The van der Waals surface area contributed by atoms with E-state index >= 15 is 0 Å². The van der Waals surface area contributed by atoms with Gasteiger partial charge in [-0.15, -0.1) is 0 Å². The van der Waals surface area contributed by atoms with E-state index < -0.39 is 12.1 Å². The number of rotatable bonds is 4. The van der Waals surface area contributed by atoms with Crippen molar-refractivity contribution in [1.29, 1.82) is 0 Å². The average molecular weight is 229 g/mol. The predicted octanol–water partition coefficient (Wildman–Crippen LogP) is 2.33. The van der Waals surface area contributed by atoms with Gasteiger partial charge in [-0.3, -0.25) is 4.79 Å². The van der Waals surface area contributed by atoms with Crippen LogP contribution in [-0.4, -0.2) is 17.7 Å². The lowest BCUT2D eigenvalue weighted by Gasteiger charge is -2.11. The zero-order valence-electron chi connectivity index (χ0n) is 8.44. The molecule has 0 aliphatic carbocycles. The molecule has 15 heavy (non-hydrogen) atoms. The van der Waals surface area contributed by atoms with Crippen LogP contribution in [0, 0.1) is 0 Å². The monoisotopic (exact) mass is 228 g/mol. The van der Waals surface area contributed by atoms with Crippen molar-refractivity contribution in [2.75, 3.05) is 6.61 Å². The van der Waals surface area contributed by atoms with Crippen LogP contribution in [0.25, 0.3) is 0 Å². The van der Waals surface area contributed by atoms with Gasteiger partial charge in [0.25, 0.3) is 0 Å². The molecule has 1 aromatic carbocycles. The van der Waals surface area contributed by atoms with E-state index in [2.05, 4.69) is 0 Å². The van der Waals surface area contributed by atoms with Crippen LogP contribution >= 0.6 is 11.6 Å². The van der Waals surface area contributed by atoms with E-state index in [-0.39, 0.29) is 6.42 Å². The number of aliphatic hydroxyl groups is 1. The van der Waals surface area contributed by atoms with Crippen LogP contribution in [0.5, 0.6) is 0 Å². The van der Waals surface area contributed by atoms with Crippen LogP contribution in [0.15, 0.2) is 24.3 Å². The Bertz CT molecular complexity index is 338. The zero-order chi connectivity index (χ0) is 11.3. The Labute approximate surface area is 93.6 Å². The third kappa shape index (κ3) is 3.53. The standard InChI is InChI=1S/C11H13ClO3/c1-2-15-11(14)7-10(13)8-5-3-4-6-9(8)12/h3-6,10,13H,2,7H2,1H3. The molecule has 0 amide bonds. The number of hydrogen-bond donors (Lipinski definition) is 1. The van der Waals surface area contributed by atoms with Crippen LogP contribution in [0.3, 0.4) is 0 Å². The summed E-state index contributed by atoms with van der Waals surface area (Å²) in [6, 6.07) is 6.88. The second-order valence-corrected chi connectivity index (χ2v) is 3.45. The van der Waals surface area contributed by atoms with E-state index in [1.165, 1.54) is 0 Å². The maximum Gasteiger partial charge on any atom is 0.308 e. The van der Waals surface area contributed by atoms with Crippen molar-refractivity contribution in [3.8, 4) is 0 Å². The van der Waals surface area contributed by atoms with Gasteiger partial charge in [-0.05, 0) is 18.6 Å². The normalized spacial score (nSPS) is 12.2. The third-order valence-corrected chi connectivity index (χ3v) is 2.27. The lowest BCUT2D eigenvalue weighted by atomic mass is 10.1. The molecule has 0 aliphatic heterocycles. The number of esters is 1. The molecule has 0 bridgehead atoms. The number of carbonyl (C=O) groups excluding carboxylic acids is 1. The average Bonchev–Trinajstić information content (AvgIpc) is 2.18. The van der Waals surface area contributed by atoms with Crippen LogP contribution < -0.4 is 0 Å². The van der Waals surface area contributed by atoms with E-state index in [4.69, 9.17) is 16.3 Å². The molecule has 0 saturated heterocycles. The van der Waals surface area contributed by atoms with Crippen LogP contribution in [0.1, 0.15) is 25.0 Å². The van der Waals surface area contributed by atoms with Crippen molar-refractivity contribution in [2.45, 2.75) is 19.4 Å². The summed E-state index contributed by atoms with van der Waals surface area (Å²) in [6.45, 7) is 2.04. The first-order valence-electron chi connectivity index (χ1n) is 4.73. The van der Waals surface area contributed by atoms with Gasteiger partial charge in [0, 0.05) is 5.02 Å². The van der Waals surface area contributed by atoms with Gasteiger partial charge >= 0.3 is 5.97 Å². The van der Waals surface area contributed by atoms with E-state index in [1.807, 2.05) is 0 Å². The molecule has 0 heterocycles. The van der Waals surface area contributed by atoms with Crippen molar-refractivity contribution in [2.24, 2.45) is 0 Å². The van der Waals surface area contributed by atoms with Crippen molar-refractivity contribution in [3.05, 3.63) is 34.9 Å². The van der Waals surface area contributed by atoms with Gasteiger partial charge in [-0.2, -0.15) is 0 Å². The van der Waals surface area contributed by atoms with E-state index in [0.29, 0.717) is 17.2 Å². The van der Waals surface area contributed by atoms with Crippen LogP contribution in [0.4, 0.5) is 0 Å². The minimum Gasteiger partial charge on any atom is -0.466 e. The number of ether oxygens (including phenoxy) is 1. The molecule has 82 valence electrons. The largest absolute Gasteiger partial charge is 0.466 e. The van der Waals surface area contributed by atoms with Gasteiger partial charge in [-0.1, -0.05) is 29.8 Å². The molecule has 3 nitrogen and oxygen atoms in total. The summed E-state index contributed by atoms with van der Waals surface area (Å²) in [6.07, 6.45) is -0.977. The molecular weight excluding hydrogens is 216 g/mol. The minimum absolute atomic E-state index is 0.0719. The van der Waals surface area contributed by atoms with E-state index in [0.717, 1.165) is 0 Å². The maximum atomic E-state index is 11.1. The van der Waals surface area contributed by atoms with Gasteiger partial charge in [-0.25, -0.2) is 0 Å². The molecule has 0 spiro atoms. The Hall–Kier alpha value is -1.06. The smallest absolute Gasteiger partial charge is 0.308 e. The fraction of sp³-hybridized carbons (Fsp3) is 0.364. The highest BCUT2D eigenvalue weighted by atomic mass is 35.5. The highest BCUT2D eigenvalue weighted by Crippen LogP contribution is 2.24. The van der Waals surface area contributed by atoms with Crippen LogP contribution in [-0.2, 0) is 9.53 Å². The van der Waals surface area contributed by atoms with Gasteiger partial charge in [0.15, 0.2) is 0 Å². The first-order chi connectivity index (χ1) is 7.15. The molecule has 0 aliphatic rings. The Morgan fingerprint density at radius 1 is 1.53 bits per heavy atom. The number of aliphatic hydroxyl groups excluding tert-OH is 1. The van der Waals surface area contributed by atoms with E-state index in [9.17, 15) is 9.90 Å². The highest BCUT2D eigenvalue weighted by Gasteiger charge is 2.15. The molecule has 0 radical (unpaired) electrons. The van der Waals surface area contributed by atoms with Crippen molar-refractivity contribution in [1.82, 2.24) is 0 Å². The molecule has 1 N–H and O–H groups in total. The molecule has 4 heteroatoms. The Morgan fingerprint density at radius 2 is 2.20 bits per heavy atom. The number of benzene rings is 1. The minimum atomic E-state index is -0.905. The third-order valence-electron chi connectivity index (χ3n) is 1.93. The van der Waals surface area contributed by atoms with Crippen molar-refractivity contribution >= 4 is 17.6 Å². The summed E-state index contributed by atoms with van der Waals surface area (Å²) in [4.78, 5) is 11.1.